The van der Waals surface area contributed by atoms with E-state index in [9.17, 15) is 14.7 Å². The monoisotopic (exact) mass is 314 g/mol. The van der Waals surface area contributed by atoms with Crippen molar-refractivity contribution in [2.24, 2.45) is 0 Å². The first-order valence-electron chi connectivity index (χ1n) is 6.65. The van der Waals surface area contributed by atoms with Crippen molar-refractivity contribution in [1.82, 2.24) is 5.32 Å². The van der Waals surface area contributed by atoms with Gasteiger partial charge in [-0.3, -0.25) is 4.79 Å². The summed E-state index contributed by atoms with van der Waals surface area (Å²) in [7, 11) is 0. The van der Waals surface area contributed by atoms with Gasteiger partial charge in [0.2, 0.25) is 5.91 Å². The molecule has 1 aromatic carbocycles. The highest BCUT2D eigenvalue weighted by Crippen LogP contribution is 2.22. The van der Waals surface area contributed by atoms with Gasteiger partial charge in [-0.05, 0) is 37.6 Å². The largest absolute Gasteiger partial charge is 0.478 e. The molecular weight excluding hydrogens is 296 g/mol. The number of rotatable bonds is 8. The van der Waals surface area contributed by atoms with E-state index in [2.05, 4.69) is 10.6 Å². The number of aliphatic hydroxyl groups excluding tert-OH is 1. The maximum absolute atomic E-state index is 11.7. The molecule has 1 aromatic rings. The van der Waals surface area contributed by atoms with Crippen LogP contribution in [-0.2, 0) is 4.79 Å². The summed E-state index contributed by atoms with van der Waals surface area (Å²) in [5, 5.41) is 24.0. The predicted octanol–water partition coefficient (Wildman–Crippen LogP) is 1.73. The molecule has 0 aliphatic rings. The molecule has 1 unspecified atom stereocenters. The molecule has 0 saturated carbocycles. The summed E-state index contributed by atoms with van der Waals surface area (Å²) in [5.41, 5.74) is 0.311. The highest BCUT2D eigenvalue weighted by molar-refractivity contribution is 6.33. The minimum Gasteiger partial charge on any atom is -0.478 e. The molecule has 116 valence electrons. The Bertz CT molecular complexity index is 508. The Morgan fingerprint density at radius 2 is 2.10 bits per heavy atom. The summed E-state index contributed by atoms with van der Waals surface area (Å²) in [6, 6.07) is 4.10. The van der Waals surface area contributed by atoms with E-state index < -0.39 is 5.97 Å². The van der Waals surface area contributed by atoms with Crippen LogP contribution in [0, 0.1) is 0 Å². The van der Waals surface area contributed by atoms with Crippen molar-refractivity contribution in [3.63, 3.8) is 0 Å². The summed E-state index contributed by atoms with van der Waals surface area (Å²) in [4.78, 5) is 22.6. The summed E-state index contributed by atoms with van der Waals surface area (Å²) in [6.07, 6.45) is 0.868. The molecule has 1 rings (SSSR count). The number of carbonyl (C=O) groups is 2. The molecule has 21 heavy (non-hydrogen) atoms. The van der Waals surface area contributed by atoms with Gasteiger partial charge >= 0.3 is 5.97 Å². The Morgan fingerprint density at radius 3 is 2.71 bits per heavy atom. The molecule has 0 spiro atoms. The van der Waals surface area contributed by atoms with E-state index in [4.69, 9.17) is 16.7 Å². The number of halogens is 1. The number of nitrogens with one attached hydrogen (secondary N) is 2. The molecule has 0 saturated heterocycles. The van der Waals surface area contributed by atoms with Gasteiger partial charge in [-0.25, -0.2) is 4.79 Å². The topological polar surface area (TPSA) is 98.7 Å². The van der Waals surface area contributed by atoms with Gasteiger partial charge in [-0.1, -0.05) is 18.5 Å². The maximum Gasteiger partial charge on any atom is 0.335 e. The summed E-state index contributed by atoms with van der Waals surface area (Å²) in [5.74, 6) is -1.42. The molecule has 0 bridgehead atoms. The summed E-state index contributed by atoms with van der Waals surface area (Å²) >= 11 is 5.91. The highest BCUT2D eigenvalue weighted by Gasteiger charge is 2.10. The minimum atomic E-state index is -1.09. The van der Waals surface area contributed by atoms with Gasteiger partial charge in [0.15, 0.2) is 0 Å². The van der Waals surface area contributed by atoms with Crippen molar-refractivity contribution in [2.75, 3.05) is 18.4 Å². The van der Waals surface area contributed by atoms with E-state index in [-0.39, 0.29) is 34.8 Å². The lowest BCUT2D eigenvalue weighted by Gasteiger charge is -2.10. The van der Waals surface area contributed by atoms with E-state index in [0.717, 1.165) is 0 Å². The predicted molar refractivity (Wildman–Crippen MR) is 80.8 cm³/mol. The number of anilines is 1. The van der Waals surface area contributed by atoms with Crippen LogP contribution in [0.25, 0.3) is 0 Å². The van der Waals surface area contributed by atoms with Crippen LogP contribution < -0.4 is 10.6 Å². The third-order valence-electron chi connectivity index (χ3n) is 2.90. The third-order valence-corrected chi connectivity index (χ3v) is 3.23. The van der Waals surface area contributed by atoms with Gasteiger partial charge in [0.1, 0.15) is 0 Å². The second-order valence-corrected chi connectivity index (χ2v) is 4.98. The maximum atomic E-state index is 11.7. The van der Waals surface area contributed by atoms with Crippen LogP contribution in [0.1, 0.15) is 30.1 Å². The molecule has 0 aliphatic carbocycles. The zero-order valence-electron chi connectivity index (χ0n) is 11.7. The molecule has 0 aromatic heterocycles. The lowest BCUT2D eigenvalue weighted by atomic mass is 10.2. The number of carboxylic acids is 1. The van der Waals surface area contributed by atoms with Crippen molar-refractivity contribution >= 4 is 29.2 Å². The second kappa shape index (κ2) is 8.61. The fourth-order valence-electron chi connectivity index (χ4n) is 1.62. The Morgan fingerprint density at radius 1 is 1.38 bits per heavy atom. The standard InChI is InChI=1S/C14H19ClN2O4/c1-2-10(18)5-6-16-8-13(19)17-12-7-9(14(20)21)3-4-11(12)15/h3-4,7,10,16,18H,2,5-6,8H2,1H3,(H,17,19)(H,20,21). The van der Waals surface area contributed by atoms with Crippen LogP contribution >= 0.6 is 11.6 Å². The van der Waals surface area contributed by atoms with Crippen LogP contribution in [0.15, 0.2) is 18.2 Å². The molecule has 0 aliphatic heterocycles. The average Bonchev–Trinajstić information content (AvgIpc) is 2.45. The fraction of sp³-hybridized carbons (Fsp3) is 0.429. The van der Waals surface area contributed by atoms with Crippen molar-refractivity contribution in [1.29, 1.82) is 0 Å². The van der Waals surface area contributed by atoms with Crippen LogP contribution in [0.3, 0.4) is 0 Å². The highest BCUT2D eigenvalue weighted by atomic mass is 35.5. The zero-order valence-corrected chi connectivity index (χ0v) is 12.5. The molecular formula is C14H19ClN2O4. The molecule has 0 heterocycles. The Kier molecular flexibility index (Phi) is 7.14. The van der Waals surface area contributed by atoms with Crippen LogP contribution in [0.5, 0.6) is 0 Å². The molecule has 1 amide bonds. The first-order chi connectivity index (χ1) is 9.93. The smallest absolute Gasteiger partial charge is 0.335 e. The molecule has 7 heteroatoms. The quantitative estimate of drug-likeness (QED) is 0.548. The number of carboxylic acid groups (broad SMARTS) is 1. The Balaban J connectivity index is 2.47. The first-order valence-corrected chi connectivity index (χ1v) is 7.03. The van der Waals surface area contributed by atoms with E-state index >= 15 is 0 Å². The zero-order chi connectivity index (χ0) is 15.8. The number of amides is 1. The minimum absolute atomic E-state index is 0.0497. The van der Waals surface area contributed by atoms with Gasteiger partial charge in [-0.15, -0.1) is 0 Å². The third kappa shape index (κ3) is 6.12. The average molecular weight is 315 g/mol. The van der Waals surface area contributed by atoms with Crippen LogP contribution in [0.2, 0.25) is 5.02 Å². The Hall–Kier alpha value is -1.63. The van der Waals surface area contributed by atoms with E-state index in [1.165, 1.54) is 18.2 Å². The van der Waals surface area contributed by atoms with E-state index in [1.807, 2.05) is 6.92 Å². The van der Waals surface area contributed by atoms with Gasteiger partial charge in [0, 0.05) is 0 Å². The van der Waals surface area contributed by atoms with E-state index in [0.29, 0.717) is 19.4 Å². The SMILES string of the molecule is CCC(O)CCNCC(=O)Nc1cc(C(=O)O)ccc1Cl. The molecule has 6 nitrogen and oxygen atoms in total. The number of aromatic carboxylic acids is 1. The number of hydrogen-bond acceptors (Lipinski definition) is 4. The van der Waals surface area contributed by atoms with Gasteiger partial charge < -0.3 is 20.8 Å². The van der Waals surface area contributed by atoms with Gasteiger partial charge in [0.25, 0.3) is 0 Å². The van der Waals surface area contributed by atoms with E-state index in [1.54, 1.807) is 0 Å². The first kappa shape index (κ1) is 17.4. The summed E-state index contributed by atoms with van der Waals surface area (Å²) < 4.78 is 0. The number of carbonyl (C=O) groups excluding carboxylic acids is 1. The normalized spacial score (nSPS) is 12.0. The number of hydrogen-bond donors (Lipinski definition) is 4. The molecule has 1 atom stereocenters. The lowest BCUT2D eigenvalue weighted by Crippen LogP contribution is -2.30. The lowest BCUT2D eigenvalue weighted by molar-refractivity contribution is -0.115. The molecule has 4 N–H and O–H groups in total. The van der Waals surface area contributed by atoms with Gasteiger partial charge in [-0.2, -0.15) is 0 Å². The van der Waals surface area contributed by atoms with Crippen LogP contribution in [0.4, 0.5) is 5.69 Å². The van der Waals surface area contributed by atoms with Gasteiger partial charge in [0.05, 0.1) is 28.9 Å². The van der Waals surface area contributed by atoms with Crippen molar-refractivity contribution in [3.05, 3.63) is 28.8 Å². The fourth-order valence-corrected chi connectivity index (χ4v) is 1.79. The Labute approximate surface area is 128 Å². The van der Waals surface area contributed by atoms with Crippen molar-refractivity contribution in [3.8, 4) is 0 Å². The van der Waals surface area contributed by atoms with Crippen molar-refractivity contribution in [2.45, 2.75) is 25.9 Å². The molecule has 0 radical (unpaired) electrons. The molecule has 0 fully saturated rings. The second-order valence-electron chi connectivity index (χ2n) is 4.58. The summed E-state index contributed by atoms with van der Waals surface area (Å²) in [6.45, 7) is 2.46. The van der Waals surface area contributed by atoms with Crippen LogP contribution in [-0.4, -0.2) is 41.3 Å². The number of benzene rings is 1. The van der Waals surface area contributed by atoms with Crippen molar-refractivity contribution < 1.29 is 19.8 Å². The number of aliphatic hydroxyl groups is 1.